The van der Waals surface area contributed by atoms with Gasteiger partial charge < -0.3 is 5.32 Å². The summed E-state index contributed by atoms with van der Waals surface area (Å²) in [6.45, 7) is -0.0633. The van der Waals surface area contributed by atoms with Crippen LogP contribution >= 0.6 is 0 Å². The second-order valence-electron chi connectivity index (χ2n) is 7.61. The summed E-state index contributed by atoms with van der Waals surface area (Å²) < 4.78 is 0. The zero-order chi connectivity index (χ0) is 21.0. The average molecular weight is 399 g/mol. The molecule has 30 heavy (non-hydrogen) atoms. The summed E-state index contributed by atoms with van der Waals surface area (Å²) >= 11 is 0. The van der Waals surface area contributed by atoms with Crippen molar-refractivity contribution in [2.24, 2.45) is 5.92 Å². The number of nitrogens with one attached hydrogen (secondary N) is 2. The Morgan fingerprint density at radius 1 is 0.867 bits per heavy atom. The molecule has 2 N–H and O–H groups in total. The van der Waals surface area contributed by atoms with Crippen LogP contribution in [-0.2, 0) is 15.0 Å². The molecule has 0 bridgehead atoms. The van der Waals surface area contributed by atoms with Crippen LogP contribution in [-0.4, -0.2) is 25.4 Å². The van der Waals surface area contributed by atoms with Crippen molar-refractivity contribution in [3.63, 3.8) is 0 Å². The number of carbonyl (C=O) groups excluding carboxylic acids is 2. The second-order valence-corrected chi connectivity index (χ2v) is 7.61. The quantitative estimate of drug-likeness (QED) is 0.600. The lowest BCUT2D eigenvalue weighted by molar-refractivity contribution is -0.127. The fourth-order valence-electron chi connectivity index (χ4n) is 4.09. The van der Waals surface area contributed by atoms with Crippen LogP contribution in [0.25, 0.3) is 0 Å². The molecule has 0 saturated heterocycles. The van der Waals surface area contributed by atoms with Crippen LogP contribution < -0.4 is 15.8 Å². The Morgan fingerprint density at radius 2 is 1.37 bits per heavy atom. The molecule has 1 atom stereocenters. The van der Waals surface area contributed by atoms with E-state index in [1.54, 1.807) is 12.1 Å². The molecule has 4 rings (SSSR count). The maximum Gasteiger partial charge on any atom is 0.257 e. The van der Waals surface area contributed by atoms with Gasteiger partial charge in [-0.1, -0.05) is 78.9 Å². The summed E-state index contributed by atoms with van der Waals surface area (Å²) in [5.41, 5.74) is 5.57. The number of carbonyl (C=O) groups is 2. The fourth-order valence-corrected chi connectivity index (χ4v) is 4.09. The van der Waals surface area contributed by atoms with E-state index in [0.29, 0.717) is 0 Å². The lowest BCUT2D eigenvalue weighted by Crippen LogP contribution is -2.45. The number of nitrogens with zero attached hydrogens (tertiary/aromatic N) is 1. The van der Waals surface area contributed by atoms with E-state index >= 15 is 0 Å². The van der Waals surface area contributed by atoms with Crippen molar-refractivity contribution >= 4 is 17.5 Å². The number of hydrogen-bond acceptors (Lipinski definition) is 3. The highest BCUT2D eigenvalue weighted by molar-refractivity contribution is 5.90. The molecule has 5 heteroatoms. The Kier molecular flexibility index (Phi) is 5.53. The molecule has 1 fully saturated rings. The lowest BCUT2D eigenvalue weighted by atomic mass is 9.85. The third-order valence-electron chi connectivity index (χ3n) is 5.71. The van der Waals surface area contributed by atoms with Gasteiger partial charge in [0.1, 0.15) is 0 Å². The van der Waals surface area contributed by atoms with Crippen molar-refractivity contribution < 1.29 is 9.59 Å². The predicted molar refractivity (Wildman–Crippen MR) is 118 cm³/mol. The first-order chi connectivity index (χ1) is 14.6. The highest BCUT2D eigenvalue weighted by Crippen LogP contribution is 2.58. The van der Waals surface area contributed by atoms with Crippen molar-refractivity contribution in [2.45, 2.75) is 11.8 Å². The van der Waals surface area contributed by atoms with Gasteiger partial charge in [0.05, 0.1) is 18.2 Å². The first kappa shape index (κ1) is 19.7. The zero-order valence-electron chi connectivity index (χ0n) is 16.9. The summed E-state index contributed by atoms with van der Waals surface area (Å²) in [6.07, 6.45) is 0.735. The largest absolute Gasteiger partial charge is 0.347 e. The van der Waals surface area contributed by atoms with Gasteiger partial charge in [0.25, 0.3) is 5.91 Å². The molecule has 0 aliphatic heterocycles. The van der Waals surface area contributed by atoms with Crippen molar-refractivity contribution in [1.82, 2.24) is 10.7 Å². The normalized spacial score (nSPS) is 16.4. The van der Waals surface area contributed by atoms with Crippen LogP contribution in [0.1, 0.15) is 17.5 Å². The van der Waals surface area contributed by atoms with E-state index in [9.17, 15) is 9.59 Å². The first-order valence-electron chi connectivity index (χ1n) is 10.1. The Morgan fingerprint density at radius 3 is 1.90 bits per heavy atom. The van der Waals surface area contributed by atoms with Gasteiger partial charge in [0.2, 0.25) is 5.91 Å². The average Bonchev–Trinajstić information content (AvgIpc) is 3.56. The summed E-state index contributed by atoms with van der Waals surface area (Å²) in [6, 6.07) is 29.8. The molecule has 1 saturated carbocycles. The molecule has 0 heterocycles. The Hall–Kier alpha value is -3.60. The summed E-state index contributed by atoms with van der Waals surface area (Å²) in [5, 5.41) is 4.46. The van der Waals surface area contributed by atoms with Crippen LogP contribution in [0.3, 0.4) is 0 Å². The van der Waals surface area contributed by atoms with Crippen molar-refractivity contribution in [3.05, 3.63) is 102 Å². The molecule has 152 valence electrons. The predicted octanol–water partition coefficient (Wildman–Crippen LogP) is 3.28. The summed E-state index contributed by atoms with van der Waals surface area (Å²) in [4.78, 5) is 25.2. The first-order valence-corrected chi connectivity index (χ1v) is 10.1. The molecular weight excluding hydrogens is 374 g/mol. The molecule has 0 spiro atoms. The van der Waals surface area contributed by atoms with Crippen molar-refractivity contribution in [3.8, 4) is 0 Å². The van der Waals surface area contributed by atoms with E-state index in [-0.39, 0.29) is 29.7 Å². The van der Waals surface area contributed by atoms with E-state index < -0.39 is 0 Å². The van der Waals surface area contributed by atoms with E-state index in [1.165, 1.54) is 0 Å². The van der Waals surface area contributed by atoms with Crippen LogP contribution in [0.15, 0.2) is 91.0 Å². The number of benzene rings is 3. The molecule has 3 aromatic rings. The molecular formula is C25H25N3O2. The van der Waals surface area contributed by atoms with E-state index in [0.717, 1.165) is 23.2 Å². The van der Waals surface area contributed by atoms with Gasteiger partial charge >= 0.3 is 0 Å². The van der Waals surface area contributed by atoms with Gasteiger partial charge in [0.15, 0.2) is 0 Å². The zero-order valence-corrected chi connectivity index (χ0v) is 16.9. The molecule has 1 aliphatic rings. The molecule has 3 aromatic carbocycles. The summed E-state index contributed by atoms with van der Waals surface area (Å²) in [5.74, 6) is -0.553. The monoisotopic (exact) mass is 399 g/mol. The smallest absolute Gasteiger partial charge is 0.257 e. The van der Waals surface area contributed by atoms with Crippen LogP contribution in [0.2, 0.25) is 0 Å². The Labute approximate surface area is 176 Å². The number of rotatable bonds is 7. The topological polar surface area (TPSA) is 61.4 Å². The molecule has 1 unspecified atom stereocenters. The van der Waals surface area contributed by atoms with Gasteiger partial charge in [-0.15, -0.1) is 0 Å². The highest BCUT2D eigenvalue weighted by Gasteiger charge is 2.60. The van der Waals surface area contributed by atoms with E-state index in [1.807, 2.05) is 66.7 Å². The van der Waals surface area contributed by atoms with Crippen LogP contribution in [0.4, 0.5) is 5.69 Å². The molecule has 2 amide bonds. The maximum absolute atomic E-state index is 12.9. The van der Waals surface area contributed by atoms with Gasteiger partial charge in [-0.2, -0.15) is 0 Å². The fraction of sp³-hybridized carbons (Fsp3) is 0.200. The van der Waals surface area contributed by atoms with Gasteiger partial charge in [-0.3, -0.25) is 20.0 Å². The van der Waals surface area contributed by atoms with Gasteiger partial charge in [0, 0.05) is 12.5 Å². The van der Waals surface area contributed by atoms with E-state index in [2.05, 4.69) is 35.0 Å². The van der Waals surface area contributed by atoms with E-state index in [4.69, 9.17) is 0 Å². The molecule has 1 aliphatic carbocycles. The number of hydrazine groups is 1. The Bertz CT molecular complexity index is 967. The second kappa shape index (κ2) is 8.41. The third kappa shape index (κ3) is 3.92. The highest BCUT2D eigenvalue weighted by atomic mass is 16.2. The number of hydrogen-bond donors (Lipinski definition) is 2. The lowest BCUT2D eigenvalue weighted by Gasteiger charge is -2.21. The Balaban J connectivity index is 1.41. The number of amides is 2. The van der Waals surface area contributed by atoms with Gasteiger partial charge in [-0.05, 0) is 29.7 Å². The maximum atomic E-state index is 12.9. The van der Waals surface area contributed by atoms with Crippen molar-refractivity contribution in [1.29, 1.82) is 0 Å². The standard InChI is InChI=1S/C25H25N3O2/c1-28(21-15-9-4-10-16-21)27-23(29)18-26-24(30)22-17-25(22,19-11-5-2-6-12-19)20-13-7-3-8-14-20/h2-16,22H,17-18H2,1H3,(H,26,30)(H,27,29). The third-order valence-corrected chi connectivity index (χ3v) is 5.71. The van der Waals surface area contributed by atoms with Crippen LogP contribution in [0.5, 0.6) is 0 Å². The number of anilines is 1. The molecule has 5 nitrogen and oxygen atoms in total. The summed E-state index contributed by atoms with van der Waals surface area (Å²) in [7, 11) is 1.77. The molecule has 0 radical (unpaired) electrons. The minimum Gasteiger partial charge on any atom is -0.347 e. The van der Waals surface area contributed by atoms with Crippen LogP contribution in [0, 0.1) is 5.92 Å². The minimum atomic E-state index is -0.329. The molecule has 0 aromatic heterocycles. The number of para-hydroxylation sites is 1. The van der Waals surface area contributed by atoms with Gasteiger partial charge in [-0.25, -0.2) is 0 Å². The SMILES string of the molecule is CN(NC(=O)CNC(=O)C1CC1(c1ccccc1)c1ccccc1)c1ccccc1. The minimum absolute atomic E-state index is 0.0633. The van der Waals surface area contributed by atoms with Crippen molar-refractivity contribution in [2.75, 3.05) is 18.6 Å².